The molecule has 10 heteroatoms. The molecule has 8 nitrogen and oxygen atoms in total. The SMILES string of the molecule is CCOC(=O)[C@@H](C)Sc1nnc(CNC(=O)c2ccc(OC)cc2)n1-c1ccc(F)cc1. The highest BCUT2D eigenvalue weighted by Crippen LogP contribution is 2.26. The Labute approximate surface area is 189 Å². The van der Waals surface area contributed by atoms with E-state index in [4.69, 9.17) is 9.47 Å². The van der Waals surface area contributed by atoms with Crippen LogP contribution in [0.15, 0.2) is 53.7 Å². The molecule has 0 aliphatic heterocycles. The van der Waals surface area contributed by atoms with Crippen LogP contribution in [0.4, 0.5) is 4.39 Å². The van der Waals surface area contributed by atoms with Gasteiger partial charge in [0.15, 0.2) is 11.0 Å². The van der Waals surface area contributed by atoms with E-state index in [0.29, 0.717) is 28.0 Å². The molecule has 0 fully saturated rings. The summed E-state index contributed by atoms with van der Waals surface area (Å²) >= 11 is 1.17. The summed E-state index contributed by atoms with van der Waals surface area (Å²) in [6, 6.07) is 12.5. The molecule has 0 spiro atoms. The summed E-state index contributed by atoms with van der Waals surface area (Å²) < 4.78 is 25.3. The van der Waals surface area contributed by atoms with Gasteiger partial charge in [-0.05, 0) is 62.4 Å². The Balaban J connectivity index is 1.82. The van der Waals surface area contributed by atoms with Crippen LogP contribution in [0.2, 0.25) is 0 Å². The van der Waals surface area contributed by atoms with Crippen molar-refractivity contribution in [3.05, 3.63) is 65.7 Å². The predicted molar refractivity (Wildman–Crippen MR) is 117 cm³/mol. The van der Waals surface area contributed by atoms with Crippen LogP contribution in [0.1, 0.15) is 30.0 Å². The van der Waals surface area contributed by atoms with Crippen molar-refractivity contribution in [2.45, 2.75) is 30.8 Å². The Morgan fingerprint density at radius 1 is 1.12 bits per heavy atom. The molecule has 0 bridgehead atoms. The van der Waals surface area contributed by atoms with Gasteiger partial charge in [-0.2, -0.15) is 0 Å². The molecule has 1 heterocycles. The number of nitrogens with zero attached hydrogens (tertiary/aromatic N) is 3. The fourth-order valence-electron chi connectivity index (χ4n) is 2.81. The minimum Gasteiger partial charge on any atom is -0.497 e. The molecule has 0 saturated heterocycles. The third kappa shape index (κ3) is 5.64. The summed E-state index contributed by atoms with van der Waals surface area (Å²) in [6.07, 6.45) is 0. The Kier molecular flexibility index (Phi) is 7.82. The average Bonchev–Trinajstić information content (AvgIpc) is 3.20. The molecule has 0 unspecified atom stereocenters. The van der Waals surface area contributed by atoms with Crippen LogP contribution in [-0.4, -0.2) is 45.6 Å². The van der Waals surface area contributed by atoms with Crippen LogP contribution in [0, 0.1) is 5.82 Å². The first-order chi connectivity index (χ1) is 15.4. The molecular weight excluding hydrogens is 435 g/mol. The molecule has 2 aromatic carbocycles. The third-order valence-corrected chi connectivity index (χ3v) is 5.47. The largest absolute Gasteiger partial charge is 0.497 e. The molecular formula is C22H23FN4O4S. The van der Waals surface area contributed by atoms with Crippen molar-refractivity contribution in [2.75, 3.05) is 13.7 Å². The van der Waals surface area contributed by atoms with Crippen molar-refractivity contribution in [2.24, 2.45) is 0 Å². The Bertz CT molecular complexity index is 1070. The highest BCUT2D eigenvalue weighted by atomic mass is 32.2. The van der Waals surface area contributed by atoms with Crippen LogP contribution in [0.3, 0.4) is 0 Å². The number of carbonyl (C=O) groups excluding carboxylic acids is 2. The lowest BCUT2D eigenvalue weighted by molar-refractivity contribution is -0.142. The topological polar surface area (TPSA) is 95.3 Å². The molecule has 3 aromatic rings. The summed E-state index contributed by atoms with van der Waals surface area (Å²) in [4.78, 5) is 24.6. The minimum atomic E-state index is -0.528. The Morgan fingerprint density at radius 3 is 2.44 bits per heavy atom. The predicted octanol–water partition coefficient (Wildman–Crippen LogP) is 3.39. The van der Waals surface area contributed by atoms with Gasteiger partial charge in [-0.1, -0.05) is 11.8 Å². The fraction of sp³-hybridized carbons (Fsp3) is 0.273. The number of hydrogen-bond donors (Lipinski definition) is 1. The minimum absolute atomic E-state index is 0.0730. The number of nitrogens with one attached hydrogen (secondary N) is 1. The molecule has 3 rings (SSSR count). The lowest BCUT2D eigenvalue weighted by atomic mass is 10.2. The van der Waals surface area contributed by atoms with Crippen molar-refractivity contribution in [1.82, 2.24) is 20.1 Å². The van der Waals surface area contributed by atoms with E-state index in [0.717, 1.165) is 0 Å². The van der Waals surface area contributed by atoms with Crippen LogP contribution in [0.5, 0.6) is 5.75 Å². The van der Waals surface area contributed by atoms with E-state index >= 15 is 0 Å². The van der Waals surface area contributed by atoms with Crippen molar-refractivity contribution in [1.29, 1.82) is 0 Å². The summed E-state index contributed by atoms with van der Waals surface area (Å²) in [6.45, 7) is 3.79. The average molecular weight is 459 g/mol. The lowest BCUT2D eigenvalue weighted by Crippen LogP contribution is -2.24. The Morgan fingerprint density at radius 2 is 1.81 bits per heavy atom. The number of thioether (sulfide) groups is 1. The van der Waals surface area contributed by atoms with Crippen molar-refractivity contribution in [3.8, 4) is 11.4 Å². The van der Waals surface area contributed by atoms with Gasteiger partial charge < -0.3 is 14.8 Å². The van der Waals surface area contributed by atoms with Gasteiger partial charge in [0.05, 0.1) is 20.3 Å². The maximum Gasteiger partial charge on any atom is 0.319 e. The smallest absolute Gasteiger partial charge is 0.319 e. The van der Waals surface area contributed by atoms with Gasteiger partial charge >= 0.3 is 5.97 Å². The van der Waals surface area contributed by atoms with E-state index in [2.05, 4.69) is 15.5 Å². The quantitative estimate of drug-likeness (QED) is 0.388. The molecule has 1 aromatic heterocycles. The molecule has 1 N–H and O–H groups in total. The van der Waals surface area contributed by atoms with Crippen molar-refractivity contribution in [3.63, 3.8) is 0 Å². The van der Waals surface area contributed by atoms with Gasteiger partial charge in [0, 0.05) is 11.3 Å². The molecule has 168 valence electrons. The van der Waals surface area contributed by atoms with E-state index < -0.39 is 5.25 Å². The molecule has 0 aliphatic rings. The molecule has 32 heavy (non-hydrogen) atoms. The second kappa shape index (κ2) is 10.8. The first kappa shape index (κ1) is 23.3. The van der Waals surface area contributed by atoms with Crippen molar-refractivity contribution < 1.29 is 23.5 Å². The van der Waals surface area contributed by atoms with E-state index in [9.17, 15) is 14.0 Å². The number of aromatic nitrogens is 3. The second-order valence-corrected chi connectivity index (χ2v) is 7.94. The molecule has 0 radical (unpaired) electrons. The monoisotopic (exact) mass is 458 g/mol. The van der Waals surface area contributed by atoms with E-state index in [1.807, 2.05) is 0 Å². The maximum absolute atomic E-state index is 13.5. The lowest BCUT2D eigenvalue weighted by Gasteiger charge is -2.13. The van der Waals surface area contributed by atoms with Crippen LogP contribution < -0.4 is 10.1 Å². The second-order valence-electron chi connectivity index (χ2n) is 6.63. The number of methoxy groups -OCH3 is 1. The zero-order valence-electron chi connectivity index (χ0n) is 17.9. The number of amides is 1. The normalized spacial score (nSPS) is 11.6. The number of ether oxygens (including phenoxy) is 2. The number of benzene rings is 2. The summed E-state index contributed by atoms with van der Waals surface area (Å²) in [7, 11) is 1.55. The van der Waals surface area contributed by atoms with Gasteiger partial charge in [0.2, 0.25) is 0 Å². The number of esters is 1. The standard InChI is InChI=1S/C22H23FN4O4S/c1-4-31-21(29)14(2)32-22-26-25-19(27(22)17-9-7-16(23)8-10-17)13-24-20(28)15-5-11-18(30-3)12-6-15/h5-12,14H,4,13H2,1-3H3,(H,24,28)/t14-/m1/s1. The highest BCUT2D eigenvalue weighted by Gasteiger charge is 2.22. The number of carbonyl (C=O) groups is 2. The number of halogens is 1. The van der Waals surface area contributed by atoms with Gasteiger partial charge in [0.1, 0.15) is 16.8 Å². The molecule has 0 aliphatic carbocycles. The Hall–Kier alpha value is -3.40. The first-order valence-corrected chi connectivity index (χ1v) is 10.8. The van der Waals surface area contributed by atoms with Crippen LogP contribution in [0.25, 0.3) is 5.69 Å². The van der Waals surface area contributed by atoms with Crippen LogP contribution >= 0.6 is 11.8 Å². The van der Waals surface area contributed by atoms with Gasteiger partial charge in [0.25, 0.3) is 5.91 Å². The van der Waals surface area contributed by atoms with E-state index in [-0.39, 0.29) is 30.8 Å². The van der Waals surface area contributed by atoms with Gasteiger partial charge in [-0.25, -0.2) is 4.39 Å². The highest BCUT2D eigenvalue weighted by molar-refractivity contribution is 8.00. The summed E-state index contributed by atoms with van der Waals surface area (Å²) in [5.74, 6) is 0.0215. The van der Waals surface area contributed by atoms with Crippen LogP contribution in [-0.2, 0) is 16.1 Å². The number of hydrogen-bond acceptors (Lipinski definition) is 7. The summed E-state index contributed by atoms with van der Waals surface area (Å²) in [5.41, 5.74) is 1.06. The maximum atomic E-state index is 13.5. The molecule has 1 amide bonds. The molecule has 0 saturated carbocycles. The zero-order valence-corrected chi connectivity index (χ0v) is 18.7. The summed E-state index contributed by atoms with van der Waals surface area (Å²) in [5, 5.41) is 11.1. The third-order valence-electron chi connectivity index (χ3n) is 4.45. The number of rotatable bonds is 9. The molecule has 1 atom stereocenters. The first-order valence-electron chi connectivity index (χ1n) is 9.88. The van der Waals surface area contributed by atoms with Gasteiger partial charge in [-0.15, -0.1) is 10.2 Å². The van der Waals surface area contributed by atoms with E-state index in [1.165, 1.54) is 23.9 Å². The fourth-order valence-corrected chi connectivity index (χ4v) is 3.69. The zero-order chi connectivity index (χ0) is 23.1. The van der Waals surface area contributed by atoms with Crippen molar-refractivity contribution >= 4 is 23.6 Å². The van der Waals surface area contributed by atoms with Gasteiger partial charge in [-0.3, -0.25) is 14.2 Å². The van der Waals surface area contributed by atoms with E-state index in [1.54, 1.807) is 61.9 Å².